The van der Waals surface area contributed by atoms with E-state index in [1.165, 1.54) is 30.0 Å². The van der Waals surface area contributed by atoms with E-state index >= 15 is 0 Å². The first-order chi connectivity index (χ1) is 13.3. The summed E-state index contributed by atoms with van der Waals surface area (Å²) in [5, 5.41) is 3.45. The largest absolute Gasteiger partial charge is 0.325 e. The maximum Gasteiger partial charge on any atom is 0.242 e. The predicted molar refractivity (Wildman–Crippen MR) is 114 cm³/mol. The van der Waals surface area contributed by atoms with Gasteiger partial charge in [-0.1, -0.05) is 41.9 Å². The smallest absolute Gasteiger partial charge is 0.242 e. The van der Waals surface area contributed by atoms with Crippen LogP contribution in [0.2, 0.25) is 5.02 Å². The Kier molecular flexibility index (Phi) is 8.50. The second kappa shape index (κ2) is 10.6. The van der Waals surface area contributed by atoms with E-state index in [0.717, 1.165) is 17.0 Å². The van der Waals surface area contributed by atoms with Crippen LogP contribution in [0.25, 0.3) is 6.08 Å². The zero-order valence-corrected chi connectivity index (χ0v) is 17.5. The standard InChI is InChI=1S/C19H20ClFN2O3S2/c1-27-11-9-18(19(24)22-15-7-8-17(21)16(20)13-15)23-28(25,26)12-10-14-5-3-2-4-6-14/h2-8,10,12-13,18,23H,9,11H2,1H3,(H,22,24)/b12-10+. The maximum absolute atomic E-state index is 13.3. The molecule has 2 aromatic carbocycles. The molecule has 2 rings (SSSR count). The number of thioether (sulfide) groups is 1. The molecule has 0 saturated carbocycles. The van der Waals surface area contributed by atoms with Crippen LogP contribution in [0.3, 0.4) is 0 Å². The zero-order chi connectivity index (χ0) is 20.6. The third-order valence-corrected chi connectivity index (χ3v) is 5.70. The van der Waals surface area contributed by atoms with E-state index in [4.69, 9.17) is 11.6 Å². The molecule has 9 heteroatoms. The van der Waals surface area contributed by atoms with Gasteiger partial charge in [-0.25, -0.2) is 12.8 Å². The SMILES string of the molecule is CSCCC(NS(=O)(=O)/C=C/c1ccccc1)C(=O)Nc1ccc(F)c(Cl)c1. The monoisotopic (exact) mass is 442 g/mol. The molecule has 0 aliphatic heterocycles. The van der Waals surface area contributed by atoms with Gasteiger partial charge < -0.3 is 5.32 Å². The Morgan fingerprint density at radius 3 is 2.61 bits per heavy atom. The van der Waals surface area contributed by atoms with Gasteiger partial charge in [0, 0.05) is 11.1 Å². The molecule has 1 unspecified atom stereocenters. The second-order valence-corrected chi connectivity index (χ2v) is 8.82. The molecule has 0 heterocycles. The van der Waals surface area contributed by atoms with E-state index in [9.17, 15) is 17.6 Å². The van der Waals surface area contributed by atoms with Crippen molar-refractivity contribution in [3.05, 3.63) is 70.3 Å². The van der Waals surface area contributed by atoms with Crippen molar-refractivity contribution in [2.24, 2.45) is 0 Å². The highest BCUT2D eigenvalue weighted by Crippen LogP contribution is 2.20. The molecule has 0 radical (unpaired) electrons. The summed E-state index contributed by atoms with van der Waals surface area (Å²) >= 11 is 7.21. The van der Waals surface area contributed by atoms with Crippen LogP contribution in [0.15, 0.2) is 53.9 Å². The quantitative estimate of drug-likeness (QED) is 0.612. The number of benzene rings is 2. The molecule has 0 fully saturated rings. The summed E-state index contributed by atoms with van der Waals surface area (Å²) in [5.41, 5.74) is 1.00. The van der Waals surface area contributed by atoms with Crippen molar-refractivity contribution >= 4 is 51.1 Å². The zero-order valence-electron chi connectivity index (χ0n) is 15.1. The molecule has 5 nitrogen and oxygen atoms in total. The summed E-state index contributed by atoms with van der Waals surface area (Å²) < 4.78 is 40.4. The van der Waals surface area contributed by atoms with Crippen molar-refractivity contribution in [1.29, 1.82) is 0 Å². The fourth-order valence-corrected chi connectivity index (χ4v) is 3.94. The molecule has 2 aromatic rings. The first-order valence-electron chi connectivity index (χ1n) is 8.31. The van der Waals surface area contributed by atoms with Crippen molar-refractivity contribution < 1.29 is 17.6 Å². The second-order valence-electron chi connectivity index (χ2n) is 5.83. The first-order valence-corrected chi connectivity index (χ1v) is 11.6. The fourth-order valence-electron chi connectivity index (χ4n) is 2.25. The Labute approximate surface area is 173 Å². The number of rotatable bonds is 9. The van der Waals surface area contributed by atoms with Gasteiger partial charge in [-0.05, 0) is 48.3 Å². The van der Waals surface area contributed by atoms with Crippen molar-refractivity contribution in [2.75, 3.05) is 17.3 Å². The van der Waals surface area contributed by atoms with Gasteiger partial charge in [0.1, 0.15) is 11.9 Å². The molecular weight excluding hydrogens is 423 g/mol. The van der Waals surface area contributed by atoms with Gasteiger partial charge >= 0.3 is 0 Å². The number of carbonyl (C=O) groups excluding carboxylic acids is 1. The molecule has 2 N–H and O–H groups in total. The Morgan fingerprint density at radius 2 is 1.96 bits per heavy atom. The minimum Gasteiger partial charge on any atom is -0.325 e. The molecule has 0 aliphatic carbocycles. The number of hydrogen-bond acceptors (Lipinski definition) is 4. The highest BCUT2D eigenvalue weighted by molar-refractivity contribution is 7.98. The van der Waals surface area contributed by atoms with Crippen LogP contribution >= 0.6 is 23.4 Å². The summed E-state index contributed by atoms with van der Waals surface area (Å²) in [6.07, 6.45) is 3.60. The Bertz CT molecular complexity index is 937. The van der Waals surface area contributed by atoms with Crippen LogP contribution in [0.4, 0.5) is 10.1 Å². The van der Waals surface area contributed by atoms with E-state index in [-0.39, 0.29) is 10.7 Å². The lowest BCUT2D eigenvalue weighted by Crippen LogP contribution is -2.43. The van der Waals surface area contributed by atoms with Gasteiger partial charge in [0.05, 0.1) is 5.02 Å². The third kappa shape index (κ3) is 7.27. The summed E-state index contributed by atoms with van der Waals surface area (Å²) in [7, 11) is -3.85. The molecule has 0 aliphatic rings. The van der Waals surface area contributed by atoms with Crippen LogP contribution < -0.4 is 10.0 Å². The van der Waals surface area contributed by atoms with Gasteiger partial charge in [-0.3, -0.25) is 4.79 Å². The molecular formula is C19H20ClFN2O3S2. The lowest BCUT2D eigenvalue weighted by Gasteiger charge is -2.17. The number of amides is 1. The molecule has 0 spiro atoms. The normalized spacial score (nSPS) is 12.8. The summed E-state index contributed by atoms with van der Waals surface area (Å²) in [4.78, 5) is 12.6. The van der Waals surface area contributed by atoms with Crippen molar-refractivity contribution in [1.82, 2.24) is 4.72 Å². The maximum atomic E-state index is 13.3. The highest BCUT2D eigenvalue weighted by Gasteiger charge is 2.23. The molecule has 150 valence electrons. The van der Waals surface area contributed by atoms with E-state index in [1.54, 1.807) is 24.3 Å². The van der Waals surface area contributed by atoms with Gasteiger partial charge in [0.25, 0.3) is 0 Å². The van der Waals surface area contributed by atoms with Crippen molar-refractivity contribution in [3.63, 3.8) is 0 Å². The van der Waals surface area contributed by atoms with Crippen LogP contribution in [-0.4, -0.2) is 32.4 Å². The number of hydrogen-bond donors (Lipinski definition) is 2. The average molecular weight is 443 g/mol. The van der Waals surface area contributed by atoms with Crippen LogP contribution in [0.1, 0.15) is 12.0 Å². The fraction of sp³-hybridized carbons (Fsp3) is 0.211. The molecule has 28 heavy (non-hydrogen) atoms. The number of halogens is 2. The molecule has 1 atom stereocenters. The molecule has 0 saturated heterocycles. The lowest BCUT2D eigenvalue weighted by atomic mass is 10.2. The third-order valence-electron chi connectivity index (χ3n) is 3.66. The van der Waals surface area contributed by atoms with Gasteiger partial charge in [0.2, 0.25) is 15.9 Å². The number of anilines is 1. The lowest BCUT2D eigenvalue weighted by molar-refractivity contribution is -0.117. The summed E-state index contributed by atoms with van der Waals surface area (Å²) in [6.45, 7) is 0. The highest BCUT2D eigenvalue weighted by atomic mass is 35.5. The average Bonchev–Trinajstić information content (AvgIpc) is 2.67. The van der Waals surface area contributed by atoms with E-state index in [0.29, 0.717) is 12.2 Å². The van der Waals surface area contributed by atoms with Crippen LogP contribution in [0.5, 0.6) is 0 Å². The number of nitrogens with one attached hydrogen (secondary N) is 2. The minimum atomic E-state index is -3.85. The van der Waals surface area contributed by atoms with Gasteiger partial charge in [-0.2, -0.15) is 16.5 Å². The molecule has 0 aromatic heterocycles. The topological polar surface area (TPSA) is 75.3 Å². The van der Waals surface area contributed by atoms with Crippen molar-refractivity contribution in [3.8, 4) is 0 Å². The van der Waals surface area contributed by atoms with Gasteiger partial charge in [0.15, 0.2) is 0 Å². The number of carbonyl (C=O) groups is 1. The van der Waals surface area contributed by atoms with Crippen LogP contribution in [-0.2, 0) is 14.8 Å². The Balaban J connectivity index is 2.11. The minimum absolute atomic E-state index is 0.134. The summed E-state index contributed by atoms with van der Waals surface area (Å²) in [5.74, 6) is -0.577. The Hall–Kier alpha value is -1.87. The van der Waals surface area contributed by atoms with Crippen molar-refractivity contribution in [2.45, 2.75) is 12.5 Å². The summed E-state index contributed by atoms with van der Waals surface area (Å²) in [6, 6.07) is 11.7. The Morgan fingerprint density at radius 1 is 1.25 bits per heavy atom. The molecule has 1 amide bonds. The van der Waals surface area contributed by atoms with E-state index < -0.39 is 27.8 Å². The first kappa shape index (κ1) is 22.4. The van der Waals surface area contributed by atoms with Crippen LogP contribution in [0, 0.1) is 5.82 Å². The number of sulfonamides is 1. The predicted octanol–water partition coefficient (Wildman–Crippen LogP) is 4.13. The van der Waals surface area contributed by atoms with Gasteiger partial charge in [-0.15, -0.1) is 0 Å². The van der Waals surface area contributed by atoms with E-state index in [1.807, 2.05) is 12.3 Å². The van der Waals surface area contributed by atoms with E-state index in [2.05, 4.69) is 10.0 Å². The molecule has 0 bridgehead atoms.